The molecule has 0 aromatic heterocycles. The van der Waals surface area contributed by atoms with Crippen LogP contribution in [0.15, 0.2) is 54.1 Å². The number of carbonyl (C=O) groups excluding carboxylic acids is 2. The number of ether oxygens (including phenoxy) is 2. The molecule has 1 N–H and O–H groups in total. The minimum absolute atomic E-state index is 0.0113. The van der Waals surface area contributed by atoms with Crippen molar-refractivity contribution in [1.82, 2.24) is 5.32 Å². The molecule has 1 aliphatic carbocycles. The molecule has 0 spiro atoms. The second-order valence-electron chi connectivity index (χ2n) is 6.77. The average molecular weight is 390 g/mol. The van der Waals surface area contributed by atoms with Crippen LogP contribution in [0.5, 0.6) is 11.5 Å². The van der Waals surface area contributed by atoms with Crippen LogP contribution < -0.4 is 14.8 Å². The highest BCUT2D eigenvalue weighted by molar-refractivity contribution is 6.01. The maximum absolute atomic E-state index is 12.3. The maximum Gasteiger partial charge on any atom is 0.314 e. The molecule has 1 amide bonds. The number of hydrogen-bond donors (Lipinski definition) is 1. The zero-order chi connectivity index (χ0) is 20.6. The molecule has 1 fully saturated rings. The first-order valence-corrected chi connectivity index (χ1v) is 9.44. The van der Waals surface area contributed by atoms with Crippen molar-refractivity contribution in [1.29, 1.82) is 5.26 Å². The molecular formula is C23H22N2O4. The van der Waals surface area contributed by atoms with Crippen LogP contribution >= 0.6 is 0 Å². The number of methoxy groups -OCH3 is 1. The normalized spacial score (nSPS) is 13.3. The van der Waals surface area contributed by atoms with Gasteiger partial charge in [0.1, 0.15) is 11.6 Å². The van der Waals surface area contributed by atoms with Crippen molar-refractivity contribution in [3.8, 4) is 17.6 Å². The van der Waals surface area contributed by atoms with E-state index >= 15 is 0 Å². The summed E-state index contributed by atoms with van der Waals surface area (Å²) in [4.78, 5) is 24.2. The Balaban J connectivity index is 1.64. The lowest BCUT2D eigenvalue weighted by Gasteiger charge is -2.10. The number of esters is 1. The van der Waals surface area contributed by atoms with Crippen molar-refractivity contribution in [2.24, 2.45) is 5.92 Å². The molecule has 0 unspecified atom stereocenters. The lowest BCUT2D eigenvalue weighted by molar-refractivity contribution is -0.135. The smallest absolute Gasteiger partial charge is 0.314 e. The summed E-state index contributed by atoms with van der Waals surface area (Å²) in [6.45, 7) is 0.432. The van der Waals surface area contributed by atoms with E-state index in [1.54, 1.807) is 18.2 Å². The van der Waals surface area contributed by atoms with E-state index in [1.807, 2.05) is 36.4 Å². The number of benzene rings is 2. The highest BCUT2D eigenvalue weighted by Crippen LogP contribution is 2.34. The monoisotopic (exact) mass is 390 g/mol. The Morgan fingerprint density at radius 2 is 1.93 bits per heavy atom. The van der Waals surface area contributed by atoms with Gasteiger partial charge in [0, 0.05) is 6.54 Å². The van der Waals surface area contributed by atoms with Crippen LogP contribution in [-0.4, -0.2) is 25.5 Å². The fourth-order valence-electron chi connectivity index (χ4n) is 2.74. The van der Waals surface area contributed by atoms with Crippen LogP contribution in [0.25, 0.3) is 6.08 Å². The summed E-state index contributed by atoms with van der Waals surface area (Å²) in [6, 6.07) is 16.6. The van der Waals surface area contributed by atoms with Gasteiger partial charge in [-0.15, -0.1) is 0 Å². The minimum Gasteiger partial charge on any atom is -0.493 e. The molecule has 3 rings (SSSR count). The number of nitriles is 1. The first-order chi connectivity index (χ1) is 14.1. The first kappa shape index (κ1) is 20.2. The Bertz CT molecular complexity index is 957. The number of amides is 1. The lowest BCUT2D eigenvalue weighted by atomic mass is 10.1. The SMILES string of the molecule is COc1cc(/C=C(\C#N)C(=O)NCCc2ccccc2)ccc1OC(=O)C1CC1. The predicted octanol–water partition coefficient (Wildman–Crippen LogP) is 3.28. The number of carbonyl (C=O) groups is 2. The fraction of sp³-hybridized carbons (Fsp3) is 0.261. The number of hydrogen-bond acceptors (Lipinski definition) is 5. The third-order valence-electron chi connectivity index (χ3n) is 4.53. The molecule has 1 saturated carbocycles. The molecule has 0 heterocycles. The van der Waals surface area contributed by atoms with Crippen molar-refractivity contribution in [3.63, 3.8) is 0 Å². The molecule has 0 radical (unpaired) electrons. The van der Waals surface area contributed by atoms with Crippen LogP contribution in [0, 0.1) is 17.2 Å². The van der Waals surface area contributed by atoms with Gasteiger partial charge >= 0.3 is 5.97 Å². The van der Waals surface area contributed by atoms with Crippen molar-refractivity contribution in [3.05, 3.63) is 65.2 Å². The van der Waals surface area contributed by atoms with Gasteiger partial charge in [0.25, 0.3) is 5.91 Å². The Hall–Kier alpha value is -3.59. The summed E-state index contributed by atoms with van der Waals surface area (Å²) < 4.78 is 10.6. The zero-order valence-corrected chi connectivity index (χ0v) is 16.2. The van der Waals surface area contributed by atoms with E-state index in [2.05, 4.69) is 5.32 Å². The molecule has 0 atom stereocenters. The summed E-state index contributed by atoms with van der Waals surface area (Å²) in [5, 5.41) is 12.1. The van der Waals surface area contributed by atoms with Crippen molar-refractivity contribution in [2.45, 2.75) is 19.3 Å². The Morgan fingerprint density at radius 1 is 1.17 bits per heavy atom. The van der Waals surface area contributed by atoms with Gasteiger partial charge in [-0.1, -0.05) is 36.4 Å². The molecule has 29 heavy (non-hydrogen) atoms. The average Bonchev–Trinajstić information content (AvgIpc) is 3.59. The second kappa shape index (κ2) is 9.56. The van der Waals surface area contributed by atoms with Gasteiger partial charge in [0.2, 0.25) is 0 Å². The summed E-state index contributed by atoms with van der Waals surface area (Å²) in [5.74, 6) is -0.0281. The summed E-state index contributed by atoms with van der Waals surface area (Å²) in [6.07, 6.45) is 3.87. The molecule has 1 aliphatic rings. The topological polar surface area (TPSA) is 88.4 Å². The van der Waals surface area contributed by atoms with E-state index in [0.29, 0.717) is 30.0 Å². The third kappa shape index (κ3) is 5.69. The van der Waals surface area contributed by atoms with E-state index in [-0.39, 0.29) is 17.5 Å². The van der Waals surface area contributed by atoms with E-state index in [0.717, 1.165) is 18.4 Å². The fourth-order valence-corrected chi connectivity index (χ4v) is 2.74. The van der Waals surface area contributed by atoms with Crippen LogP contribution in [0.1, 0.15) is 24.0 Å². The Morgan fingerprint density at radius 3 is 2.59 bits per heavy atom. The number of nitrogens with one attached hydrogen (secondary N) is 1. The number of nitrogens with zero attached hydrogens (tertiary/aromatic N) is 1. The van der Waals surface area contributed by atoms with Gasteiger partial charge in [-0.25, -0.2) is 0 Å². The summed E-state index contributed by atoms with van der Waals surface area (Å²) in [5.41, 5.74) is 1.70. The van der Waals surface area contributed by atoms with Crippen LogP contribution in [-0.2, 0) is 16.0 Å². The van der Waals surface area contributed by atoms with E-state index in [4.69, 9.17) is 9.47 Å². The summed E-state index contributed by atoms with van der Waals surface area (Å²) >= 11 is 0. The Kier molecular flexibility index (Phi) is 6.64. The lowest BCUT2D eigenvalue weighted by Crippen LogP contribution is -2.26. The standard InChI is InChI=1S/C23H22N2O4/c1-28-21-14-17(7-10-20(21)29-23(27)18-8-9-18)13-19(15-24)22(26)25-12-11-16-5-3-2-4-6-16/h2-7,10,13-14,18H,8-9,11-12H2,1H3,(H,25,26)/b19-13+. The highest BCUT2D eigenvalue weighted by atomic mass is 16.6. The van der Waals surface area contributed by atoms with Crippen molar-refractivity contribution < 1.29 is 19.1 Å². The van der Waals surface area contributed by atoms with Gasteiger partial charge in [0.05, 0.1) is 13.0 Å². The van der Waals surface area contributed by atoms with Gasteiger partial charge in [-0.2, -0.15) is 5.26 Å². The highest BCUT2D eigenvalue weighted by Gasteiger charge is 2.32. The first-order valence-electron chi connectivity index (χ1n) is 9.44. The minimum atomic E-state index is -0.438. The van der Waals surface area contributed by atoms with E-state index < -0.39 is 5.91 Å². The van der Waals surface area contributed by atoms with Gasteiger partial charge in [-0.05, 0) is 48.6 Å². The number of rotatable bonds is 8. The maximum atomic E-state index is 12.3. The second-order valence-corrected chi connectivity index (χ2v) is 6.77. The largest absolute Gasteiger partial charge is 0.493 e. The van der Waals surface area contributed by atoms with Gasteiger partial charge in [-0.3, -0.25) is 9.59 Å². The Labute approximate surface area is 169 Å². The van der Waals surface area contributed by atoms with E-state index in [9.17, 15) is 14.9 Å². The van der Waals surface area contributed by atoms with Crippen LogP contribution in [0.2, 0.25) is 0 Å². The summed E-state index contributed by atoms with van der Waals surface area (Å²) in [7, 11) is 1.47. The zero-order valence-electron chi connectivity index (χ0n) is 16.2. The van der Waals surface area contributed by atoms with Gasteiger partial charge < -0.3 is 14.8 Å². The molecule has 2 aromatic carbocycles. The van der Waals surface area contributed by atoms with Crippen molar-refractivity contribution >= 4 is 18.0 Å². The van der Waals surface area contributed by atoms with Crippen molar-refractivity contribution in [2.75, 3.05) is 13.7 Å². The molecule has 0 saturated heterocycles. The van der Waals surface area contributed by atoms with Gasteiger partial charge in [0.15, 0.2) is 11.5 Å². The predicted molar refractivity (Wildman–Crippen MR) is 108 cm³/mol. The van der Waals surface area contributed by atoms with E-state index in [1.165, 1.54) is 13.2 Å². The third-order valence-corrected chi connectivity index (χ3v) is 4.53. The van der Waals surface area contributed by atoms with Crippen LogP contribution in [0.3, 0.4) is 0 Å². The molecule has 6 heteroatoms. The molecule has 0 bridgehead atoms. The molecule has 6 nitrogen and oxygen atoms in total. The molecule has 0 aliphatic heterocycles. The quantitative estimate of drug-likeness (QED) is 0.323. The molecule has 2 aromatic rings. The molecular weight excluding hydrogens is 368 g/mol. The van der Waals surface area contributed by atoms with Crippen LogP contribution in [0.4, 0.5) is 0 Å². The molecule has 148 valence electrons.